The number of likely N-dealkylation sites (tertiary alicyclic amines) is 1. The first-order valence-electron chi connectivity index (χ1n) is 9.52. The molecule has 1 aliphatic heterocycles. The third-order valence-electron chi connectivity index (χ3n) is 5.96. The van der Waals surface area contributed by atoms with E-state index in [1.54, 1.807) is 0 Å². The van der Waals surface area contributed by atoms with E-state index in [9.17, 15) is 4.79 Å². The number of amides is 1. The van der Waals surface area contributed by atoms with Crippen LogP contribution in [0.25, 0.3) is 0 Å². The minimum Gasteiger partial charge on any atom is -0.354 e. The molecule has 1 amide bonds. The molecular formula is C21H32N2O. The van der Waals surface area contributed by atoms with Gasteiger partial charge in [-0.3, -0.25) is 9.69 Å². The molecule has 2 aliphatic rings. The van der Waals surface area contributed by atoms with Gasteiger partial charge in [-0.15, -0.1) is 0 Å². The van der Waals surface area contributed by atoms with Crippen molar-refractivity contribution in [1.29, 1.82) is 0 Å². The van der Waals surface area contributed by atoms with Gasteiger partial charge >= 0.3 is 0 Å². The van der Waals surface area contributed by atoms with E-state index in [1.807, 2.05) is 0 Å². The lowest BCUT2D eigenvalue weighted by Crippen LogP contribution is -2.47. The summed E-state index contributed by atoms with van der Waals surface area (Å²) < 4.78 is 0. The first-order valence-corrected chi connectivity index (χ1v) is 9.52. The zero-order chi connectivity index (χ0) is 17.3. The Labute approximate surface area is 146 Å². The van der Waals surface area contributed by atoms with Crippen LogP contribution in [0.2, 0.25) is 0 Å². The Kier molecular flexibility index (Phi) is 5.00. The number of rotatable bonds is 5. The summed E-state index contributed by atoms with van der Waals surface area (Å²) in [5, 5.41) is 3.25. The highest BCUT2D eigenvalue weighted by Crippen LogP contribution is 2.48. The lowest BCUT2D eigenvalue weighted by Gasteiger charge is -2.35. The summed E-state index contributed by atoms with van der Waals surface area (Å²) in [4.78, 5) is 15.4. The summed E-state index contributed by atoms with van der Waals surface area (Å²) >= 11 is 0. The largest absolute Gasteiger partial charge is 0.354 e. The van der Waals surface area contributed by atoms with Crippen molar-refractivity contribution in [3.8, 4) is 0 Å². The summed E-state index contributed by atoms with van der Waals surface area (Å²) in [5.41, 5.74) is 3.45. The van der Waals surface area contributed by atoms with E-state index < -0.39 is 0 Å². The van der Waals surface area contributed by atoms with Crippen LogP contribution < -0.4 is 5.32 Å². The zero-order valence-corrected chi connectivity index (χ0v) is 15.7. The molecule has 1 saturated heterocycles. The maximum Gasteiger partial charge on any atom is 0.230 e. The van der Waals surface area contributed by atoms with Crippen LogP contribution in [0.15, 0.2) is 18.2 Å². The van der Waals surface area contributed by atoms with Crippen molar-refractivity contribution >= 4 is 5.91 Å². The highest BCUT2D eigenvalue weighted by atomic mass is 16.2. The van der Waals surface area contributed by atoms with Gasteiger partial charge < -0.3 is 5.32 Å². The van der Waals surface area contributed by atoms with Gasteiger partial charge in [-0.25, -0.2) is 0 Å². The van der Waals surface area contributed by atoms with Crippen LogP contribution in [0.3, 0.4) is 0 Å². The Hall–Kier alpha value is -1.35. The number of aryl methyl sites for hydroxylation is 2. The van der Waals surface area contributed by atoms with Crippen molar-refractivity contribution in [3.63, 3.8) is 0 Å². The van der Waals surface area contributed by atoms with Crippen LogP contribution in [0.5, 0.6) is 0 Å². The summed E-state index contributed by atoms with van der Waals surface area (Å²) in [6.07, 6.45) is 4.53. The van der Waals surface area contributed by atoms with Crippen LogP contribution >= 0.6 is 0 Å². The monoisotopic (exact) mass is 328 g/mol. The van der Waals surface area contributed by atoms with Crippen LogP contribution in [0.4, 0.5) is 0 Å². The van der Waals surface area contributed by atoms with Gasteiger partial charge in [0.1, 0.15) is 0 Å². The third-order valence-corrected chi connectivity index (χ3v) is 5.96. The Morgan fingerprint density at radius 3 is 2.33 bits per heavy atom. The predicted octanol–water partition coefficient (Wildman–Crippen LogP) is 3.57. The first-order chi connectivity index (χ1) is 11.4. The zero-order valence-electron chi connectivity index (χ0n) is 15.7. The summed E-state index contributed by atoms with van der Waals surface area (Å²) in [6, 6.07) is 6.98. The number of carbonyl (C=O) groups is 1. The molecule has 1 saturated carbocycles. The molecule has 2 fully saturated rings. The van der Waals surface area contributed by atoms with E-state index in [2.05, 4.69) is 56.1 Å². The molecule has 3 rings (SSSR count). The van der Waals surface area contributed by atoms with E-state index in [0.717, 1.165) is 25.3 Å². The Bertz CT molecular complexity index is 578. The van der Waals surface area contributed by atoms with Gasteiger partial charge in [-0.1, -0.05) is 36.2 Å². The number of benzene rings is 1. The molecule has 0 spiro atoms. The molecule has 0 radical (unpaired) electrons. The van der Waals surface area contributed by atoms with Gasteiger partial charge in [0, 0.05) is 12.6 Å². The molecule has 0 bridgehead atoms. The second-order valence-electron chi connectivity index (χ2n) is 8.24. The Balaban J connectivity index is 1.58. The number of hydrogen-bond acceptors (Lipinski definition) is 2. The van der Waals surface area contributed by atoms with E-state index >= 15 is 0 Å². The molecule has 1 aliphatic carbocycles. The number of piperidine rings is 1. The molecule has 1 atom stereocenters. The second-order valence-corrected chi connectivity index (χ2v) is 8.24. The molecule has 3 heteroatoms. The minimum atomic E-state index is -0.257. The number of hydrogen-bond donors (Lipinski definition) is 1. The molecule has 1 heterocycles. The van der Waals surface area contributed by atoms with Gasteiger partial charge in [0.05, 0.1) is 5.41 Å². The van der Waals surface area contributed by atoms with Crippen molar-refractivity contribution in [2.24, 2.45) is 5.92 Å². The standard InChI is InChI=1S/C21H32N2O/c1-15-5-9-23(10-6-15)18(4)14-22-20(24)21(7-8-21)19-12-16(2)11-17(3)13-19/h11-13,15,18H,5-10,14H2,1-4H3,(H,22,24). The summed E-state index contributed by atoms with van der Waals surface area (Å²) in [6.45, 7) is 11.9. The molecule has 24 heavy (non-hydrogen) atoms. The van der Waals surface area contributed by atoms with Crippen molar-refractivity contribution in [1.82, 2.24) is 10.2 Å². The average Bonchev–Trinajstić information content (AvgIpc) is 3.34. The lowest BCUT2D eigenvalue weighted by atomic mass is 9.92. The SMILES string of the molecule is Cc1cc(C)cc(C2(C(=O)NCC(C)N3CCC(C)CC3)CC2)c1. The van der Waals surface area contributed by atoms with E-state index in [0.29, 0.717) is 6.04 Å². The van der Waals surface area contributed by atoms with Gasteiger partial charge in [0.25, 0.3) is 0 Å². The van der Waals surface area contributed by atoms with E-state index in [-0.39, 0.29) is 11.3 Å². The number of carbonyl (C=O) groups excluding carboxylic acids is 1. The smallest absolute Gasteiger partial charge is 0.230 e. The first kappa shape index (κ1) is 17.5. The molecule has 1 aromatic rings. The van der Waals surface area contributed by atoms with Crippen LogP contribution in [0, 0.1) is 19.8 Å². The normalized spacial score (nSPS) is 22.2. The van der Waals surface area contributed by atoms with Crippen molar-refractivity contribution in [3.05, 3.63) is 34.9 Å². The van der Waals surface area contributed by atoms with Crippen LogP contribution in [-0.2, 0) is 10.2 Å². The molecule has 1 N–H and O–H groups in total. The predicted molar refractivity (Wildman–Crippen MR) is 99.3 cm³/mol. The molecule has 0 aromatic heterocycles. The number of nitrogens with zero attached hydrogens (tertiary/aromatic N) is 1. The molecule has 1 unspecified atom stereocenters. The summed E-state index contributed by atoms with van der Waals surface area (Å²) in [7, 11) is 0. The topological polar surface area (TPSA) is 32.3 Å². The summed E-state index contributed by atoms with van der Waals surface area (Å²) in [5.74, 6) is 1.08. The minimum absolute atomic E-state index is 0.227. The van der Waals surface area contributed by atoms with Crippen LogP contribution in [0.1, 0.15) is 56.2 Å². The van der Waals surface area contributed by atoms with E-state index in [4.69, 9.17) is 0 Å². The molecule has 1 aromatic carbocycles. The third kappa shape index (κ3) is 3.66. The average molecular weight is 329 g/mol. The highest BCUT2D eigenvalue weighted by molar-refractivity contribution is 5.91. The van der Waals surface area contributed by atoms with Gasteiger partial charge in [0.2, 0.25) is 5.91 Å². The molecular weight excluding hydrogens is 296 g/mol. The van der Waals surface area contributed by atoms with Crippen molar-refractivity contribution < 1.29 is 4.79 Å². The second kappa shape index (κ2) is 6.87. The van der Waals surface area contributed by atoms with Gasteiger partial charge in [0.15, 0.2) is 0 Å². The fraction of sp³-hybridized carbons (Fsp3) is 0.667. The van der Waals surface area contributed by atoms with E-state index in [1.165, 1.54) is 42.6 Å². The fourth-order valence-electron chi connectivity index (χ4n) is 4.03. The van der Waals surface area contributed by atoms with Gasteiger partial charge in [-0.2, -0.15) is 0 Å². The Morgan fingerprint density at radius 1 is 1.21 bits per heavy atom. The maximum absolute atomic E-state index is 12.9. The van der Waals surface area contributed by atoms with Gasteiger partial charge in [-0.05, 0) is 71.0 Å². The quantitative estimate of drug-likeness (QED) is 0.896. The maximum atomic E-state index is 12.9. The number of nitrogens with one attached hydrogen (secondary N) is 1. The van der Waals surface area contributed by atoms with Crippen molar-refractivity contribution in [2.45, 2.75) is 64.8 Å². The molecule has 132 valence electrons. The fourth-order valence-corrected chi connectivity index (χ4v) is 4.03. The van der Waals surface area contributed by atoms with Crippen molar-refractivity contribution in [2.75, 3.05) is 19.6 Å². The highest BCUT2D eigenvalue weighted by Gasteiger charge is 2.51. The Morgan fingerprint density at radius 2 is 1.79 bits per heavy atom. The molecule has 3 nitrogen and oxygen atoms in total. The van der Waals surface area contributed by atoms with Crippen LogP contribution in [-0.4, -0.2) is 36.5 Å². The lowest BCUT2D eigenvalue weighted by molar-refractivity contribution is -0.123.